The summed E-state index contributed by atoms with van der Waals surface area (Å²) >= 11 is 0. The summed E-state index contributed by atoms with van der Waals surface area (Å²) in [4.78, 5) is 28.4. The van der Waals surface area contributed by atoms with Gasteiger partial charge in [-0.25, -0.2) is 9.59 Å². The lowest BCUT2D eigenvalue weighted by molar-refractivity contribution is 0.549. The van der Waals surface area contributed by atoms with Crippen molar-refractivity contribution in [3.05, 3.63) is 23.8 Å². The summed E-state index contributed by atoms with van der Waals surface area (Å²) < 4.78 is 0. The zero-order valence-electron chi connectivity index (χ0n) is 15.4. The van der Waals surface area contributed by atoms with E-state index in [-0.39, 0.29) is 0 Å². The van der Waals surface area contributed by atoms with Gasteiger partial charge in [0.15, 0.2) is 0 Å². The van der Waals surface area contributed by atoms with Crippen molar-refractivity contribution in [1.29, 1.82) is 0 Å². The maximum atomic E-state index is 10.6. The number of isocyanates is 2. The van der Waals surface area contributed by atoms with Crippen molar-refractivity contribution in [3.63, 3.8) is 0 Å². The minimum atomic E-state index is 0.388. The third-order valence-electron chi connectivity index (χ3n) is 4.47. The SMILES string of the molecule is CCCCCCCCCCCCCc1cccc(N=C=O)c1N=C=O. The number of aryl methyl sites for hydroxylation is 1. The number of aliphatic imine (C=N–C) groups is 2. The predicted molar refractivity (Wildman–Crippen MR) is 102 cm³/mol. The molecule has 0 aliphatic rings. The average molecular weight is 342 g/mol. The molecule has 1 rings (SSSR count). The van der Waals surface area contributed by atoms with Crippen LogP contribution >= 0.6 is 0 Å². The first-order valence-electron chi connectivity index (χ1n) is 9.61. The molecule has 1 aromatic rings. The maximum absolute atomic E-state index is 10.6. The van der Waals surface area contributed by atoms with E-state index in [2.05, 4.69) is 16.9 Å². The van der Waals surface area contributed by atoms with Gasteiger partial charge in [0.2, 0.25) is 12.2 Å². The Morgan fingerprint density at radius 1 is 0.760 bits per heavy atom. The highest BCUT2D eigenvalue weighted by molar-refractivity contribution is 5.71. The van der Waals surface area contributed by atoms with Crippen LogP contribution in [0.2, 0.25) is 0 Å². The Bertz CT molecular complexity index is 586. The second kappa shape index (κ2) is 14.3. The molecule has 0 amide bonds. The van der Waals surface area contributed by atoms with Gasteiger partial charge in [-0.1, -0.05) is 83.3 Å². The molecule has 0 N–H and O–H groups in total. The number of rotatable bonds is 14. The molecule has 136 valence electrons. The van der Waals surface area contributed by atoms with Crippen molar-refractivity contribution in [3.8, 4) is 0 Å². The van der Waals surface area contributed by atoms with Crippen LogP contribution in [-0.2, 0) is 16.0 Å². The summed E-state index contributed by atoms with van der Waals surface area (Å²) in [5, 5.41) is 0. The molecule has 0 radical (unpaired) electrons. The molecule has 0 aromatic heterocycles. The first-order valence-corrected chi connectivity index (χ1v) is 9.61. The molecule has 0 aliphatic heterocycles. The van der Waals surface area contributed by atoms with Crippen LogP contribution < -0.4 is 0 Å². The van der Waals surface area contributed by atoms with Crippen molar-refractivity contribution in [2.45, 2.75) is 84.0 Å². The second-order valence-corrected chi connectivity index (χ2v) is 6.48. The van der Waals surface area contributed by atoms with E-state index in [0.29, 0.717) is 11.4 Å². The first-order chi connectivity index (χ1) is 12.3. The molecule has 4 heteroatoms. The normalized spacial score (nSPS) is 10.1. The largest absolute Gasteiger partial charge is 0.240 e. The van der Waals surface area contributed by atoms with Crippen molar-refractivity contribution in [1.82, 2.24) is 0 Å². The molecular formula is C21H30N2O2. The Balaban J connectivity index is 2.25. The predicted octanol–water partition coefficient (Wildman–Crippen LogP) is 6.47. The average Bonchev–Trinajstić information content (AvgIpc) is 2.62. The van der Waals surface area contributed by atoms with Crippen molar-refractivity contribution in [2.75, 3.05) is 0 Å². The van der Waals surface area contributed by atoms with E-state index in [9.17, 15) is 9.59 Å². The van der Waals surface area contributed by atoms with Crippen LogP contribution in [0, 0.1) is 0 Å². The van der Waals surface area contributed by atoms with Gasteiger partial charge >= 0.3 is 0 Å². The highest BCUT2D eigenvalue weighted by Gasteiger charge is 2.07. The molecular weight excluding hydrogens is 312 g/mol. The fraction of sp³-hybridized carbons (Fsp3) is 0.619. The monoisotopic (exact) mass is 342 g/mol. The van der Waals surface area contributed by atoms with E-state index >= 15 is 0 Å². The van der Waals surface area contributed by atoms with Crippen LogP contribution in [0.1, 0.15) is 83.1 Å². The molecule has 1 aromatic carbocycles. The molecule has 0 aliphatic carbocycles. The number of nitrogens with zero attached hydrogens (tertiary/aromatic N) is 2. The lowest BCUT2D eigenvalue weighted by atomic mass is 10.0. The smallest absolute Gasteiger partial charge is 0.211 e. The highest BCUT2D eigenvalue weighted by Crippen LogP contribution is 2.32. The van der Waals surface area contributed by atoms with Gasteiger partial charge in [0.05, 0.1) is 0 Å². The Morgan fingerprint density at radius 3 is 1.88 bits per heavy atom. The quantitative estimate of drug-likeness (QED) is 0.221. The number of carbonyl (C=O) groups excluding carboxylic acids is 2. The number of para-hydroxylation sites is 1. The zero-order chi connectivity index (χ0) is 18.2. The summed E-state index contributed by atoms with van der Waals surface area (Å²) in [7, 11) is 0. The molecule has 0 atom stereocenters. The van der Waals surface area contributed by atoms with E-state index in [1.807, 2.05) is 12.1 Å². The molecule has 0 fully saturated rings. The van der Waals surface area contributed by atoms with Crippen LogP contribution in [0.3, 0.4) is 0 Å². The van der Waals surface area contributed by atoms with E-state index < -0.39 is 0 Å². The second-order valence-electron chi connectivity index (χ2n) is 6.48. The van der Waals surface area contributed by atoms with Gasteiger partial charge in [-0.05, 0) is 24.5 Å². The Hall–Kier alpha value is -2.02. The van der Waals surface area contributed by atoms with Gasteiger partial charge in [0.25, 0.3) is 0 Å². The molecule has 0 bridgehead atoms. The van der Waals surface area contributed by atoms with Crippen LogP contribution in [0.5, 0.6) is 0 Å². The summed E-state index contributed by atoms with van der Waals surface area (Å²) in [5.74, 6) is 0. The summed E-state index contributed by atoms with van der Waals surface area (Å²) in [5.41, 5.74) is 1.78. The molecule has 4 nitrogen and oxygen atoms in total. The van der Waals surface area contributed by atoms with Gasteiger partial charge in [-0.2, -0.15) is 9.98 Å². The number of hydrogen-bond acceptors (Lipinski definition) is 4. The Kier molecular flexibility index (Phi) is 12.1. The lowest BCUT2D eigenvalue weighted by Gasteiger charge is -2.07. The fourth-order valence-corrected chi connectivity index (χ4v) is 3.07. The molecule has 0 unspecified atom stereocenters. The van der Waals surface area contributed by atoms with Gasteiger partial charge < -0.3 is 0 Å². The number of unbranched alkanes of at least 4 members (excludes halogenated alkanes) is 10. The molecule has 0 saturated heterocycles. The molecule has 0 saturated carbocycles. The summed E-state index contributed by atoms with van der Waals surface area (Å²) in [6.07, 6.45) is 18.1. The van der Waals surface area contributed by atoms with Gasteiger partial charge in [0.1, 0.15) is 11.4 Å². The Labute approximate surface area is 151 Å². The van der Waals surface area contributed by atoms with Crippen LogP contribution in [0.15, 0.2) is 28.2 Å². The van der Waals surface area contributed by atoms with Gasteiger partial charge in [0, 0.05) is 0 Å². The van der Waals surface area contributed by atoms with Crippen molar-refractivity contribution < 1.29 is 9.59 Å². The van der Waals surface area contributed by atoms with E-state index in [1.165, 1.54) is 70.3 Å². The van der Waals surface area contributed by atoms with E-state index in [0.717, 1.165) is 18.4 Å². The third kappa shape index (κ3) is 9.14. The lowest BCUT2D eigenvalue weighted by Crippen LogP contribution is -1.88. The first kappa shape index (κ1) is 21.0. The zero-order valence-corrected chi connectivity index (χ0v) is 15.4. The van der Waals surface area contributed by atoms with Crippen LogP contribution in [0.4, 0.5) is 11.4 Å². The van der Waals surface area contributed by atoms with Crippen LogP contribution in [-0.4, -0.2) is 12.2 Å². The Morgan fingerprint density at radius 2 is 1.32 bits per heavy atom. The van der Waals surface area contributed by atoms with Gasteiger partial charge in [-0.15, -0.1) is 0 Å². The van der Waals surface area contributed by atoms with E-state index in [4.69, 9.17) is 0 Å². The third-order valence-corrected chi connectivity index (χ3v) is 4.47. The number of benzene rings is 1. The molecule has 25 heavy (non-hydrogen) atoms. The van der Waals surface area contributed by atoms with Crippen LogP contribution in [0.25, 0.3) is 0 Å². The van der Waals surface area contributed by atoms with E-state index in [1.54, 1.807) is 12.1 Å². The minimum absolute atomic E-state index is 0.388. The minimum Gasteiger partial charge on any atom is -0.211 e. The fourth-order valence-electron chi connectivity index (χ4n) is 3.07. The topological polar surface area (TPSA) is 58.9 Å². The summed E-state index contributed by atoms with van der Waals surface area (Å²) in [6, 6.07) is 5.41. The van der Waals surface area contributed by atoms with Crippen molar-refractivity contribution >= 4 is 23.5 Å². The standard InChI is InChI=1S/C21H30N2O2/c1-2-3-4-5-6-7-8-9-10-11-12-14-19-15-13-16-20(22-17-24)21(19)23-18-25/h13,15-16H,2-12,14H2,1H3. The van der Waals surface area contributed by atoms with Gasteiger partial charge in [-0.3, -0.25) is 0 Å². The molecule has 0 spiro atoms. The summed E-state index contributed by atoms with van der Waals surface area (Å²) in [6.45, 7) is 2.25. The molecule has 0 heterocycles. The maximum Gasteiger partial charge on any atom is 0.240 e. The number of hydrogen-bond donors (Lipinski definition) is 0. The van der Waals surface area contributed by atoms with Crippen molar-refractivity contribution in [2.24, 2.45) is 9.98 Å². The highest BCUT2D eigenvalue weighted by atomic mass is 16.1.